The average molecular weight is 380 g/mol. The molecule has 1 heterocycles. The van der Waals surface area contributed by atoms with Gasteiger partial charge in [-0.05, 0) is 43.4 Å². The number of hydrogen-bond donors (Lipinski definition) is 2. The van der Waals surface area contributed by atoms with Gasteiger partial charge >= 0.3 is 6.09 Å². The summed E-state index contributed by atoms with van der Waals surface area (Å²) in [5.74, 6) is 0.972. The predicted molar refractivity (Wildman–Crippen MR) is 105 cm³/mol. The predicted octanol–water partition coefficient (Wildman–Crippen LogP) is 3.87. The zero-order chi connectivity index (χ0) is 19.9. The number of benzene rings is 1. The van der Waals surface area contributed by atoms with Crippen molar-refractivity contribution < 1.29 is 14.6 Å². The highest BCUT2D eigenvalue weighted by Crippen LogP contribution is 2.27. The van der Waals surface area contributed by atoms with Crippen LogP contribution < -0.4 is 10.1 Å². The van der Waals surface area contributed by atoms with Gasteiger partial charge in [0.15, 0.2) is 0 Å². The molecule has 1 saturated carbocycles. The highest BCUT2D eigenvalue weighted by molar-refractivity contribution is 5.65. The van der Waals surface area contributed by atoms with E-state index in [1.165, 1.54) is 7.11 Å². The van der Waals surface area contributed by atoms with Gasteiger partial charge in [-0.15, -0.1) is 0 Å². The van der Waals surface area contributed by atoms with E-state index < -0.39 is 6.09 Å². The molecule has 0 radical (unpaired) electrons. The van der Waals surface area contributed by atoms with E-state index >= 15 is 0 Å². The molecule has 0 atom stereocenters. The first-order valence-electron chi connectivity index (χ1n) is 9.36. The molecule has 7 heteroatoms. The average Bonchev–Trinajstić information content (AvgIpc) is 2.73. The number of rotatable bonds is 6. The van der Waals surface area contributed by atoms with Crippen molar-refractivity contribution >= 4 is 11.9 Å². The van der Waals surface area contributed by atoms with Crippen molar-refractivity contribution in [2.75, 3.05) is 12.4 Å². The summed E-state index contributed by atoms with van der Waals surface area (Å²) >= 11 is 0. The summed E-state index contributed by atoms with van der Waals surface area (Å²) in [5, 5.41) is 22.1. The molecule has 7 nitrogen and oxygen atoms in total. The molecule has 3 rings (SSSR count). The van der Waals surface area contributed by atoms with E-state index in [9.17, 15) is 9.90 Å². The Morgan fingerprint density at radius 3 is 2.57 bits per heavy atom. The summed E-state index contributed by atoms with van der Waals surface area (Å²) in [6.45, 7) is 0.410. The summed E-state index contributed by atoms with van der Waals surface area (Å²) < 4.78 is 5.15. The Morgan fingerprint density at radius 2 is 1.96 bits per heavy atom. The smallest absolute Gasteiger partial charge is 0.407 e. The number of pyridine rings is 1. The first kappa shape index (κ1) is 19.5. The molecule has 1 aliphatic rings. The van der Waals surface area contributed by atoms with Gasteiger partial charge in [0.2, 0.25) is 5.88 Å². The number of nitrogens with zero attached hydrogens (tertiary/aromatic N) is 3. The fourth-order valence-corrected chi connectivity index (χ4v) is 3.64. The zero-order valence-corrected chi connectivity index (χ0v) is 15.8. The molecule has 1 fully saturated rings. The van der Waals surface area contributed by atoms with Gasteiger partial charge in [0.05, 0.1) is 7.11 Å². The van der Waals surface area contributed by atoms with E-state index in [0.717, 1.165) is 31.2 Å². The van der Waals surface area contributed by atoms with E-state index in [2.05, 4.69) is 10.3 Å². The fraction of sp³-hybridized carbons (Fsp3) is 0.381. The molecule has 0 unspecified atom stereocenters. The maximum Gasteiger partial charge on any atom is 0.407 e. The van der Waals surface area contributed by atoms with Crippen LogP contribution in [0, 0.1) is 11.3 Å². The van der Waals surface area contributed by atoms with Crippen LogP contribution in [0.4, 0.5) is 10.6 Å². The van der Waals surface area contributed by atoms with Crippen molar-refractivity contribution in [1.29, 1.82) is 5.26 Å². The molecule has 0 spiro atoms. The lowest BCUT2D eigenvalue weighted by Gasteiger charge is -2.35. The van der Waals surface area contributed by atoms with E-state index in [4.69, 9.17) is 10.00 Å². The highest BCUT2D eigenvalue weighted by Gasteiger charge is 2.29. The largest absolute Gasteiger partial charge is 0.480 e. The molecular formula is C21H24N4O3. The number of carboxylic acid groups (broad SMARTS) is 1. The number of nitriles is 1. The topological polar surface area (TPSA) is 98.5 Å². The van der Waals surface area contributed by atoms with Crippen LogP contribution in [0.5, 0.6) is 5.88 Å². The molecule has 1 aromatic heterocycles. The molecule has 1 aliphatic carbocycles. The van der Waals surface area contributed by atoms with E-state index in [-0.39, 0.29) is 12.1 Å². The lowest BCUT2D eigenvalue weighted by molar-refractivity contribution is 0.105. The first-order chi connectivity index (χ1) is 13.6. The number of ether oxygens (including phenoxy) is 1. The third-order valence-corrected chi connectivity index (χ3v) is 5.11. The summed E-state index contributed by atoms with van der Waals surface area (Å²) in [7, 11) is 1.49. The minimum atomic E-state index is -0.876. The van der Waals surface area contributed by atoms with Gasteiger partial charge in [-0.2, -0.15) is 10.2 Å². The van der Waals surface area contributed by atoms with Crippen LogP contribution in [-0.4, -0.2) is 40.3 Å². The molecule has 1 aromatic carbocycles. The molecule has 146 valence electrons. The lowest BCUT2D eigenvalue weighted by Crippen LogP contribution is -2.43. The number of hydrogen-bond acceptors (Lipinski definition) is 5. The van der Waals surface area contributed by atoms with Crippen LogP contribution in [0.25, 0.3) is 0 Å². The van der Waals surface area contributed by atoms with Gasteiger partial charge in [0, 0.05) is 18.6 Å². The Bertz CT molecular complexity index is 842. The van der Waals surface area contributed by atoms with E-state index in [1.807, 2.05) is 36.4 Å². The Morgan fingerprint density at radius 1 is 1.25 bits per heavy atom. The first-order valence-corrected chi connectivity index (χ1v) is 9.36. The Labute approximate surface area is 164 Å². The Kier molecular flexibility index (Phi) is 6.33. The highest BCUT2D eigenvalue weighted by atomic mass is 16.5. The van der Waals surface area contributed by atoms with Crippen molar-refractivity contribution in [1.82, 2.24) is 9.88 Å². The number of aromatic nitrogens is 1. The molecular weight excluding hydrogens is 356 g/mol. The summed E-state index contributed by atoms with van der Waals surface area (Å²) in [6.07, 6.45) is 2.42. The standard InChI is InChI=1S/C21H24N4O3/c1-28-20-16(13-22)7-12-19(24-20)23-17-8-10-18(11-9-17)25(21(26)27)14-15-5-3-2-4-6-15/h2-7,12,17-18H,8-11,14H2,1H3,(H,23,24)(H,26,27)/t17-,18-. The van der Waals surface area contributed by atoms with Gasteiger partial charge in [-0.25, -0.2) is 4.79 Å². The third kappa shape index (κ3) is 4.71. The van der Waals surface area contributed by atoms with Crippen molar-refractivity contribution in [3.63, 3.8) is 0 Å². The number of carbonyl (C=O) groups is 1. The number of amides is 1. The van der Waals surface area contributed by atoms with E-state index in [1.54, 1.807) is 17.0 Å². The minimum Gasteiger partial charge on any atom is -0.480 e. The Hall–Kier alpha value is -3.27. The van der Waals surface area contributed by atoms with Gasteiger partial charge in [-0.1, -0.05) is 30.3 Å². The van der Waals surface area contributed by atoms with Crippen molar-refractivity contribution in [3.05, 3.63) is 53.6 Å². The van der Waals surface area contributed by atoms with Crippen LogP contribution >= 0.6 is 0 Å². The number of nitrogens with one attached hydrogen (secondary N) is 1. The molecule has 0 bridgehead atoms. The quantitative estimate of drug-likeness (QED) is 0.789. The van der Waals surface area contributed by atoms with Crippen molar-refractivity contribution in [2.24, 2.45) is 0 Å². The SMILES string of the molecule is COc1nc(N[C@H]2CC[C@H](N(Cc3ccccc3)C(=O)O)CC2)ccc1C#N. The normalized spacial score (nSPS) is 18.7. The lowest BCUT2D eigenvalue weighted by atomic mass is 9.90. The summed E-state index contributed by atoms with van der Waals surface area (Å²) in [5.41, 5.74) is 1.40. The molecule has 1 amide bonds. The molecule has 2 aromatic rings. The number of anilines is 1. The van der Waals surface area contributed by atoms with Crippen molar-refractivity contribution in [3.8, 4) is 11.9 Å². The fourth-order valence-electron chi connectivity index (χ4n) is 3.64. The van der Waals surface area contributed by atoms with Crippen LogP contribution in [0.2, 0.25) is 0 Å². The van der Waals surface area contributed by atoms with Crippen LogP contribution in [-0.2, 0) is 6.54 Å². The summed E-state index contributed by atoms with van der Waals surface area (Å²) in [6, 6.07) is 15.4. The minimum absolute atomic E-state index is 0.0132. The molecule has 28 heavy (non-hydrogen) atoms. The van der Waals surface area contributed by atoms with Crippen molar-refractivity contribution in [2.45, 2.75) is 44.3 Å². The maximum absolute atomic E-state index is 11.8. The van der Waals surface area contributed by atoms with E-state index in [0.29, 0.717) is 23.8 Å². The van der Waals surface area contributed by atoms with Gasteiger partial charge in [0.25, 0.3) is 0 Å². The van der Waals surface area contributed by atoms with Gasteiger partial charge < -0.3 is 20.1 Å². The Balaban J connectivity index is 1.59. The van der Waals surface area contributed by atoms with Crippen LogP contribution in [0.3, 0.4) is 0 Å². The molecule has 2 N–H and O–H groups in total. The maximum atomic E-state index is 11.8. The second kappa shape index (κ2) is 9.09. The second-order valence-corrected chi connectivity index (χ2v) is 6.91. The van der Waals surface area contributed by atoms with Crippen LogP contribution in [0.15, 0.2) is 42.5 Å². The molecule has 0 saturated heterocycles. The summed E-state index contributed by atoms with van der Waals surface area (Å²) in [4.78, 5) is 17.7. The second-order valence-electron chi connectivity index (χ2n) is 6.91. The van der Waals surface area contributed by atoms with Gasteiger partial charge in [0.1, 0.15) is 17.5 Å². The third-order valence-electron chi connectivity index (χ3n) is 5.11. The number of methoxy groups -OCH3 is 1. The van der Waals surface area contributed by atoms with Crippen LogP contribution in [0.1, 0.15) is 36.8 Å². The monoisotopic (exact) mass is 380 g/mol. The molecule has 0 aliphatic heterocycles. The zero-order valence-electron chi connectivity index (χ0n) is 15.8. The van der Waals surface area contributed by atoms with Gasteiger partial charge in [-0.3, -0.25) is 0 Å².